The number of rotatable bonds is 4. The van der Waals surface area contributed by atoms with Gasteiger partial charge in [0.1, 0.15) is 5.82 Å². The van der Waals surface area contributed by atoms with E-state index in [-0.39, 0.29) is 24.4 Å². The van der Waals surface area contributed by atoms with Gasteiger partial charge in [-0.1, -0.05) is 32.5 Å². The number of amides is 1. The summed E-state index contributed by atoms with van der Waals surface area (Å²) in [6.45, 7) is 8.20. The number of carbonyl (C=O) groups excluding carboxylic acids is 1. The number of likely N-dealkylation sites (tertiary alicyclic amines) is 1. The van der Waals surface area contributed by atoms with Crippen molar-refractivity contribution in [1.82, 2.24) is 4.90 Å². The normalized spacial score (nSPS) is 22.9. The number of anilines is 1. The SMILES string of the molecule is CC(C)(C)C(=O)N(CC1CSC(N2CCCC(CO)C2)=N1)c1ccc(F)cc1. The number of nitrogens with zero attached hydrogens (tertiary/aromatic N) is 3. The van der Waals surface area contributed by atoms with Crippen molar-refractivity contribution in [3.63, 3.8) is 0 Å². The summed E-state index contributed by atoms with van der Waals surface area (Å²) in [5.74, 6) is 0.831. The number of aliphatic imine (C=N–C) groups is 1. The van der Waals surface area contributed by atoms with Crippen LogP contribution in [0.5, 0.6) is 0 Å². The molecule has 2 unspecified atom stereocenters. The Labute approximate surface area is 171 Å². The minimum atomic E-state index is -0.534. The maximum Gasteiger partial charge on any atom is 0.232 e. The molecule has 2 heterocycles. The summed E-state index contributed by atoms with van der Waals surface area (Å²) in [6.07, 6.45) is 2.13. The highest BCUT2D eigenvalue weighted by molar-refractivity contribution is 8.14. The van der Waals surface area contributed by atoms with Crippen molar-refractivity contribution in [2.45, 2.75) is 39.7 Å². The molecule has 0 aromatic heterocycles. The Kier molecular flexibility index (Phi) is 6.65. The molecule has 5 nitrogen and oxygen atoms in total. The number of amidine groups is 1. The molecule has 0 radical (unpaired) electrons. The van der Waals surface area contributed by atoms with Crippen molar-refractivity contribution in [1.29, 1.82) is 0 Å². The van der Waals surface area contributed by atoms with Gasteiger partial charge in [0.15, 0.2) is 5.17 Å². The fraction of sp³-hybridized carbons (Fsp3) is 0.619. The van der Waals surface area contributed by atoms with E-state index in [1.165, 1.54) is 12.1 Å². The highest BCUT2D eigenvalue weighted by Gasteiger charge is 2.33. The van der Waals surface area contributed by atoms with Crippen molar-refractivity contribution in [3.05, 3.63) is 30.1 Å². The van der Waals surface area contributed by atoms with E-state index < -0.39 is 5.41 Å². The Hall–Kier alpha value is -1.60. The third-order valence-corrected chi connectivity index (χ3v) is 6.34. The Balaban J connectivity index is 1.75. The zero-order valence-corrected chi connectivity index (χ0v) is 17.7. The van der Waals surface area contributed by atoms with Crippen LogP contribution < -0.4 is 4.90 Å². The van der Waals surface area contributed by atoms with Gasteiger partial charge in [-0.25, -0.2) is 4.39 Å². The lowest BCUT2D eigenvalue weighted by atomic mass is 9.94. The maximum atomic E-state index is 13.4. The molecule has 1 aromatic rings. The quantitative estimate of drug-likeness (QED) is 0.831. The predicted molar refractivity (Wildman–Crippen MR) is 113 cm³/mol. The van der Waals surface area contributed by atoms with Crippen LogP contribution in [0.4, 0.5) is 10.1 Å². The van der Waals surface area contributed by atoms with E-state index in [0.717, 1.165) is 36.9 Å². The Morgan fingerprint density at radius 1 is 1.36 bits per heavy atom. The average molecular weight is 408 g/mol. The molecule has 3 rings (SSSR count). The summed E-state index contributed by atoms with van der Waals surface area (Å²) in [4.78, 5) is 21.9. The summed E-state index contributed by atoms with van der Waals surface area (Å²) in [5, 5.41) is 10.5. The second-order valence-electron chi connectivity index (χ2n) is 8.66. The number of benzene rings is 1. The lowest BCUT2D eigenvalue weighted by molar-refractivity contribution is -0.125. The van der Waals surface area contributed by atoms with E-state index in [1.807, 2.05) is 20.8 Å². The molecule has 7 heteroatoms. The number of piperidine rings is 1. The molecule has 0 saturated carbocycles. The average Bonchev–Trinajstić information content (AvgIpc) is 3.14. The van der Waals surface area contributed by atoms with E-state index in [0.29, 0.717) is 18.2 Å². The number of thioether (sulfide) groups is 1. The number of carbonyl (C=O) groups is 1. The minimum absolute atomic E-state index is 0.00542. The van der Waals surface area contributed by atoms with Gasteiger partial charge in [-0.15, -0.1) is 0 Å². The van der Waals surface area contributed by atoms with Crippen LogP contribution in [0.3, 0.4) is 0 Å². The van der Waals surface area contributed by atoms with E-state index in [1.54, 1.807) is 28.8 Å². The molecular weight excluding hydrogens is 377 g/mol. The number of halogens is 1. The van der Waals surface area contributed by atoms with Gasteiger partial charge < -0.3 is 14.9 Å². The molecule has 0 spiro atoms. The summed E-state index contributed by atoms with van der Waals surface area (Å²) in [5.41, 5.74) is 0.168. The maximum absolute atomic E-state index is 13.4. The van der Waals surface area contributed by atoms with Gasteiger partial charge in [-0.05, 0) is 43.0 Å². The van der Waals surface area contributed by atoms with Gasteiger partial charge in [-0.3, -0.25) is 9.79 Å². The van der Waals surface area contributed by atoms with Crippen LogP contribution in [0.15, 0.2) is 29.3 Å². The first-order chi connectivity index (χ1) is 13.3. The summed E-state index contributed by atoms with van der Waals surface area (Å²) in [6, 6.07) is 6.09. The highest BCUT2D eigenvalue weighted by atomic mass is 32.2. The van der Waals surface area contributed by atoms with Gasteiger partial charge in [0, 0.05) is 43.1 Å². The molecule has 2 atom stereocenters. The topological polar surface area (TPSA) is 56.1 Å². The van der Waals surface area contributed by atoms with Crippen molar-refractivity contribution in [3.8, 4) is 0 Å². The fourth-order valence-electron chi connectivity index (χ4n) is 3.60. The molecule has 0 bridgehead atoms. The smallest absolute Gasteiger partial charge is 0.232 e. The second-order valence-corrected chi connectivity index (χ2v) is 9.64. The molecule has 1 aromatic carbocycles. The predicted octanol–water partition coefficient (Wildman–Crippen LogP) is 3.38. The van der Waals surface area contributed by atoms with E-state index in [4.69, 9.17) is 4.99 Å². The molecule has 28 heavy (non-hydrogen) atoms. The first-order valence-electron chi connectivity index (χ1n) is 9.92. The highest BCUT2D eigenvalue weighted by Crippen LogP contribution is 2.29. The van der Waals surface area contributed by atoms with E-state index in [9.17, 15) is 14.3 Å². The molecule has 1 saturated heterocycles. The second kappa shape index (κ2) is 8.82. The lowest BCUT2D eigenvalue weighted by Gasteiger charge is -2.33. The fourth-order valence-corrected chi connectivity index (χ4v) is 4.69. The first-order valence-corrected chi connectivity index (χ1v) is 10.9. The molecule has 1 fully saturated rings. The van der Waals surface area contributed by atoms with Crippen LogP contribution in [0.2, 0.25) is 0 Å². The molecule has 2 aliphatic heterocycles. The lowest BCUT2D eigenvalue weighted by Crippen LogP contribution is -2.43. The van der Waals surface area contributed by atoms with Crippen molar-refractivity contribution in [2.75, 3.05) is 36.9 Å². The molecular formula is C21H30FN3O2S. The monoisotopic (exact) mass is 407 g/mol. The Bertz CT molecular complexity index is 717. The van der Waals surface area contributed by atoms with Gasteiger partial charge in [0.2, 0.25) is 5.91 Å². The van der Waals surface area contributed by atoms with Gasteiger partial charge in [0.25, 0.3) is 0 Å². The molecule has 0 aliphatic carbocycles. The van der Waals surface area contributed by atoms with Crippen molar-refractivity contribution in [2.24, 2.45) is 16.3 Å². The zero-order chi connectivity index (χ0) is 20.3. The summed E-state index contributed by atoms with van der Waals surface area (Å²) in [7, 11) is 0. The first kappa shape index (κ1) is 21.1. The Morgan fingerprint density at radius 3 is 2.71 bits per heavy atom. The largest absolute Gasteiger partial charge is 0.396 e. The van der Waals surface area contributed by atoms with Gasteiger partial charge in [0.05, 0.1) is 6.04 Å². The summed E-state index contributed by atoms with van der Waals surface area (Å²) >= 11 is 1.72. The molecule has 154 valence electrons. The summed E-state index contributed by atoms with van der Waals surface area (Å²) < 4.78 is 13.4. The standard InChI is InChI=1S/C21H30FN3O2S/c1-21(2,3)19(27)25(18-8-6-16(22)7-9-18)12-17-14-28-20(23-17)24-10-4-5-15(11-24)13-26/h6-9,15,17,26H,4-5,10-14H2,1-3H3. The third kappa shape index (κ3) is 5.06. The van der Waals surface area contributed by atoms with Crippen molar-refractivity contribution >= 4 is 28.5 Å². The van der Waals surface area contributed by atoms with E-state index in [2.05, 4.69) is 4.90 Å². The van der Waals surface area contributed by atoms with Crippen molar-refractivity contribution < 1.29 is 14.3 Å². The number of aliphatic hydroxyl groups excluding tert-OH is 1. The Morgan fingerprint density at radius 2 is 2.07 bits per heavy atom. The number of hydrogen-bond acceptors (Lipinski definition) is 5. The third-order valence-electron chi connectivity index (χ3n) is 5.16. The molecule has 1 amide bonds. The molecule has 1 N–H and O–H groups in total. The van der Waals surface area contributed by atoms with E-state index >= 15 is 0 Å². The van der Waals surface area contributed by atoms with Gasteiger partial charge >= 0.3 is 0 Å². The zero-order valence-electron chi connectivity index (χ0n) is 16.9. The molecule has 2 aliphatic rings. The van der Waals surface area contributed by atoms with Gasteiger partial charge in [-0.2, -0.15) is 0 Å². The van der Waals surface area contributed by atoms with Crippen LogP contribution in [0.1, 0.15) is 33.6 Å². The number of aliphatic hydroxyl groups is 1. The number of hydrogen-bond donors (Lipinski definition) is 1. The van der Waals surface area contributed by atoms with Crippen LogP contribution in [-0.4, -0.2) is 59.1 Å². The minimum Gasteiger partial charge on any atom is -0.396 e. The van der Waals surface area contributed by atoms with Crippen LogP contribution in [0, 0.1) is 17.2 Å². The van der Waals surface area contributed by atoms with Crippen LogP contribution in [-0.2, 0) is 4.79 Å². The van der Waals surface area contributed by atoms with Crippen LogP contribution in [0.25, 0.3) is 0 Å². The van der Waals surface area contributed by atoms with Crippen LogP contribution >= 0.6 is 11.8 Å².